The lowest BCUT2D eigenvalue weighted by molar-refractivity contribution is 0.603. The Kier molecular flexibility index (Phi) is 12.5. The Labute approximate surface area is 154 Å². The van der Waals surface area contributed by atoms with Crippen LogP contribution in [0.3, 0.4) is 0 Å². The zero-order valence-electron chi connectivity index (χ0n) is 15.7. The lowest BCUT2D eigenvalue weighted by Crippen LogP contribution is -2.29. The van der Waals surface area contributed by atoms with Crippen LogP contribution in [0.4, 0.5) is 5.69 Å². The van der Waals surface area contributed by atoms with Gasteiger partial charge in [0.15, 0.2) is 5.11 Å². The zero-order chi connectivity index (χ0) is 17.5. The third kappa shape index (κ3) is 10.6. The summed E-state index contributed by atoms with van der Waals surface area (Å²) in [5.74, 6) is 0. The SMILES string of the molecule is CCCCCCCCNC(=S)Nc1ccc(CCCCCC)cc1. The van der Waals surface area contributed by atoms with E-state index < -0.39 is 0 Å². The second-order valence-corrected chi connectivity index (χ2v) is 7.06. The molecule has 0 fully saturated rings. The molecule has 0 aliphatic rings. The van der Waals surface area contributed by atoms with E-state index in [4.69, 9.17) is 12.2 Å². The summed E-state index contributed by atoms with van der Waals surface area (Å²) in [6.07, 6.45) is 14.3. The molecular weight excluding hydrogens is 312 g/mol. The highest BCUT2D eigenvalue weighted by atomic mass is 32.1. The summed E-state index contributed by atoms with van der Waals surface area (Å²) in [6, 6.07) is 8.69. The number of hydrogen-bond donors (Lipinski definition) is 2. The molecule has 0 saturated heterocycles. The van der Waals surface area contributed by atoms with E-state index in [-0.39, 0.29) is 0 Å². The second kappa shape index (κ2) is 14.3. The van der Waals surface area contributed by atoms with Gasteiger partial charge in [-0.05, 0) is 49.2 Å². The van der Waals surface area contributed by atoms with E-state index in [1.54, 1.807) is 0 Å². The van der Waals surface area contributed by atoms with Gasteiger partial charge < -0.3 is 10.6 Å². The average Bonchev–Trinajstić information content (AvgIpc) is 2.59. The molecular formula is C21H36N2S. The monoisotopic (exact) mass is 348 g/mol. The number of thiocarbonyl (C=S) groups is 1. The Morgan fingerprint density at radius 3 is 2.04 bits per heavy atom. The maximum Gasteiger partial charge on any atom is 0.170 e. The maximum absolute atomic E-state index is 5.37. The predicted molar refractivity (Wildman–Crippen MR) is 112 cm³/mol. The Hall–Kier alpha value is -1.09. The van der Waals surface area contributed by atoms with Crippen LogP contribution in [0.15, 0.2) is 24.3 Å². The summed E-state index contributed by atoms with van der Waals surface area (Å²) < 4.78 is 0. The van der Waals surface area contributed by atoms with E-state index in [1.165, 1.54) is 76.2 Å². The molecule has 0 bridgehead atoms. The van der Waals surface area contributed by atoms with Crippen molar-refractivity contribution in [2.45, 2.75) is 84.5 Å². The highest BCUT2D eigenvalue weighted by Crippen LogP contribution is 2.13. The number of benzene rings is 1. The van der Waals surface area contributed by atoms with Crippen LogP contribution in [0.25, 0.3) is 0 Å². The highest BCUT2D eigenvalue weighted by Gasteiger charge is 1.99. The Bertz CT molecular complexity index is 428. The number of rotatable bonds is 13. The van der Waals surface area contributed by atoms with Crippen molar-refractivity contribution in [1.29, 1.82) is 0 Å². The van der Waals surface area contributed by atoms with Crippen LogP contribution in [0.1, 0.15) is 83.6 Å². The summed E-state index contributed by atoms with van der Waals surface area (Å²) in [5.41, 5.74) is 2.50. The minimum Gasteiger partial charge on any atom is -0.362 e. The minimum atomic E-state index is 0.735. The van der Waals surface area contributed by atoms with Gasteiger partial charge in [-0.2, -0.15) is 0 Å². The van der Waals surface area contributed by atoms with Crippen molar-refractivity contribution < 1.29 is 0 Å². The molecule has 0 aliphatic heterocycles. The van der Waals surface area contributed by atoms with Gasteiger partial charge in [0, 0.05) is 12.2 Å². The molecule has 1 aromatic rings. The number of hydrogen-bond acceptors (Lipinski definition) is 1. The lowest BCUT2D eigenvalue weighted by atomic mass is 10.1. The van der Waals surface area contributed by atoms with Crippen molar-refractivity contribution in [2.75, 3.05) is 11.9 Å². The molecule has 0 aliphatic carbocycles. The smallest absolute Gasteiger partial charge is 0.170 e. The molecule has 3 heteroatoms. The summed E-state index contributed by atoms with van der Waals surface area (Å²) in [6.45, 7) is 5.47. The molecule has 0 heterocycles. The third-order valence-corrected chi connectivity index (χ3v) is 4.59. The lowest BCUT2D eigenvalue weighted by Gasteiger charge is -2.11. The first kappa shape index (κ1) is 21.0. The Morgan fingerprint density at radius 2 is 1.38 bits per heavy atom. The van der Waals surface area contributed by atoms with Crippen molar-refractivity contribution in [3.63, 3.8) is 0 Å². The Morgan fingerprint density at radius 1 is 0.792 bits per heavy atom. The van der Waals surface area contributed by atoms with E-state index in [0.29, 0.717) is 0 Å². The number of aryl methyl sites for hydroxylation is 1. The van der Waals surface area contributed by atoms with E-state index in [9.17, 15) is 0 Å². The molecule has 0 radical (unpaired) electrons. The topological polar surface area (TPSA) is 24.1 Å². The number of nitrogens with one attached hydrogen (secondary N) is 2. The van der Waals surface area contributed by atoms with Gasteiger partial charge in [0.25, 0.3) is 0 Å². The molecule has 2 nitrogen and oxygen atoms in total. The molecule has 0 amide bonds. The van der Waals surface area contributed by atoms with Crippen LogP contribution in [-0.4, -0.2) is 11.7 Å². The minimum absolute atomic E-state index is 0.735. The van der Waals surface area contributed by atoms with Gasteiger partial charge in [-0.25, -0.2) is 0 Å². The van der Waals surface area contributed by atoms with E-state index >= 15 is 0 Å². The summed E-state index contributed by atoms with van der Waals surface area (Å²) >= 11 is 5.37. The van der Waals surface area contributed by atoms with Crippen LogP contribution >= 0.6 is 12.2 Å². The largest absolute Gasteiger partial charge is 0.362 e. The first-order valence-electron chi connectivity index (χ1n) is 9.90. The van der Waals surface area contributed by atoms with Crippen molar-refractivity contribution >= 4 is 23.0 Å². The first-order chi connectivity index (χ1) is 11.8. The van der Waals surface area contributed by atoms with Crippen LogP contribution in [-0.2, 0) is 6.42 Å². The summed E-state index contributed by atoms with van der Waals surface area (Å²) in [5, 5.41) is 7.32. The zero-order valence-corrected chi connectivity index (χ0v) is 16.5. The van der Waals surface area contributed by atoms with Crippen LogP contribution in [0, 0.1) is 0 Å². The van der Waals surface area contributed by atoms with Gasteiger partial charge in [-0.3, -0.25) is 0 Å². The quantitative estimate of drug-likeness (QED) is 0.316. The van der Waals surface area contributed by atoms with Crippen LogP contribution < -0.4 is 10.6 Å². The fourth-order valence-corrected chi connectivity index (χ4v) is 3.01. The van der Waals surface area contributed by atoms with Crippen LogP contribution in [0.5, 0.6) is 0 Å². The summed E-state index contributed by atoms with van der Waals surface area (Å²) in [4.78, 5) is 0. The maximum atomic E-state index is 5.37. The molecule has 136 valence electrons. The molecule has 2 N–H and O–H groups in total. The van der Waals surface area contributed by atoms with Crippen LogP contribution in [0.2, 0.25) is 0 Å². The fourth-order valence-electron chi connectivity index (χ4n) is 2.79. The van der Waals surface area contributed by atoms with Crippen molar-refractivity contribution in [3.8, 4) is 0 Å². The van der Waals surface area contributed by atoms with Gasteiger partial charge in [0.2, 0.25) is 0 Å². The fraction of sp³-hybridized carbons (Fsp3) is 0.667. The Balaban J connectivity index is 2.13. The van der Waals surface area contributed by atoms with E-state index in [1.807, 2.05) is 0 Å². The molecule has 0 atom stereocenters. The number of unbranched alkanes of at least 4 members (excludes halogenated alkanes) is 8. The third-order valence-electron chi connectivity index (χ3n) is 4.35. The van der Waals surface area contributed by atoms with Gasteiger partial charge >= 0.3 is 0 Å². The van der Waals surface area contributed by atoms with E-state index in [2.05, 4.69) is 48.7 Å². The second-order valence-electron chi connectivity index (χ2n) is 6.66. The molecule has 0 saturated carbocycles. The average molecular weight is 349 g/mol. The number of anilines is 1. The first-order valence-corrected chi connectivity index (χ1v) is 10.3. The molecule has 0 spiro atoms. The van der Waals surface area contributed by atoms with Gasteiger partial charge in [-0.1, -0.05) is 77.3 Å². The normalized spacial score (nSPS) is 10.6. The molecule has 24 heavy (non-hydrogen) atoms. The highest BCUT2D eigenvalue weighted by molar-refractivity contribution is 7.80. The predicted octanol–water partition coefficient (Wildman–Crippen LogP) is 6.46. The summed E-state index contributed by atoms with van der Waals surface area (Å²) in [7, 11) is 0. The van der Waals surface area contributed by atoms with Gasteiger partial charge in [0.1, 0.15) is 0 Å². The van der Waals surface area contributed by atoms with Crippen molar-refractivity contribution in [3.05, 3.63) is 29.8 Å². The molecule has 1 aromatic carbocycles. The van der Waals surface area contributed by atoms with Gasteiger partial charge in [-0.15, -0.1) is 0 Å². The molecule has 0 aromatic heterocycles. The molecule has 0 unspecified atom stereocenters. The standard InChI is InChI=1S/C21H36N2S/c1-3-5-7-9-10-12-18-22-21(24)23-20-16-14-19(15-17-20)13-11-8-6-4-2/h14-17H,3-13,18H2,1-2H3,(H2,22,23,24). The van der Waals surface area contributed by atoms with E-state index in [0.717, 1.165) is 17.3 Å². The van der Waals surface area contributed by atoms with Crippen molar-refractivity contribution in [1.82, 2.24) is 5.32 Å². The van der Waals surface area contributed by atoms with Gasteiger partial charge in [0.05, 0.1) is 0 Å². The van der Waals surface area contributed by atoms with Crippen molar-refractivity contribution in [2.24, 2.45) is 0 Å². The molecule has 1 rings (SSSR count).